The van der Waals surface area contributed by atoms with Gasteiger partial charge in [0.25, 0.3) is 33.4 Å². The van der Waals surface area contributed by atoms with Crippen molar-refractivity contribution in [2.45, 2.75) is 183 Å². The number of ether oxygens (including phenoxy) is 9. The van der Waals surface area contributed by atoms with Gasteiger partial charge < -0.3 is 95.1 Å². The number of H-pyrrole nitrogens is 6. The van der Waals surface area contributed by atoms with Crippen LogP contribution in [0.25, 0.3) is 44.7 Å². The summed E-state index contributed by atoms with van der Waals surface area (Å²) in [5.41, 5.74) is 17.7. The Kier molecular flexibility index (Phi) is 29.8. The molecule has 0 spiro atoms. The van der Waals surface area contributed by atoms with Crippen LogP contribution in [0, 0.1) is 13.8 Å². The molecule has 5 unspecified atom stereocenters. The standard InChI is InChI=1S/C81H93N24O38P5/c1-37-22-100(80(113)98-70(37)107)57-17-45(51(134-57)27-125-24-41-13-14-43(126-25-39-9-5-3-6-10-39)44(15-41)127-26-40-11-7-4-8-12-40)139-145(117,118)129-29-52-46(18-58(135-52)101-23-38(2)71(108)99-81(101)114)140-146(119,120)130-31-54-48(20-60(137-54)104-35-88-64-68(104)92-78(84)96-74(64)111)142-148(123,124)132-32-55-49(21-61(138-55)105-36-89-65-69(105)93-79(85)97-75(65)112)143-147(121,122)131-30-53-47(19-59(136-53)103-34-87-63-67(103)91-77(83)95-73(63)110)141-144(115,116)128-28-50-42(106)16-56(133-50)102-33-86-62-66(102)90-76(82)94-72(62)109/h3-15,22-23,33-36,42,45-61,106H,16-21,24-32H2,1-2H3,(H,115,116)(H,117,118)(H,119,120)(H,121,122)(H,123,124)(H,98,107,113)(H,99,108,114)(H3,82,90,94,109)(H3,83,91,95,110)(H3,84,92,96,111)(H3,85,93,97,112)/t42-,45-,46-,47-,48-,49-,50+,51+,52+,53+,54+,55+,56+,57+,58+,59+,60+,61+/m0/s1. The lowest BCUT2D eigenvalue weighted by Crippen LogP contribution is -2.33. The summed E-state index contributed by atoms with van der Waals surface area (Å²) >= 11 is 0. The van der Waals surface area contributed by atoms with Crippen LogP contribution < -0.4 is 77.1 Å². The number of nitrogens with two attached hydrogens (primary N) is 4. The molecule has 19 rings (SSSR count). The number of aromatic nitrogens is 20. The quantitative estimate of drug-likeness (QED) is 0.0242. The van der Waals surface area contributed by atoms with Crippen LogP contribution in [0.5, 0.6) is 11.5 Å². The number of rotatable bonds is 41. The van der Waals surface area contributed by atoms with Crippen LogP contribution in [0.15, 0.2) is 155 Å². The highest BCUT2D eigenvalue weighted by molar-refractivity contribution is 7.48. The number of hydrogen-bond donors (Lipinski definition) is 16. The number of aryl methyl sites for hydroxylation is 2. The van der Waals surface area contributed by atoms with Gasteiger partial charge in [-0.3, -0.25) is 131 Å². The van der Waals surface area contributed by atoms with Gasteiger partial charge in [-0.25, -0.2) is 52.4 Å². The van der Waals surface area contributed by atoms with Crippen LogP contribution >= 0.6 is 39.1 Å². The second kappa shape index (κ2) is 42.5. The van der Waals surface area contributed by atoms with Crippen LogP contribution in [-0.2, 0) is 121 Å². The fourth-order valence-electron chi connectivity index (χ4n) is 17.4. The summed E-state index contributed by atoms with van der Waals surface area (Å²) < 4.78 is 192. The van der Waals surface area contributed by atoms with Gasteiger partial charge in [-0.1, -0.05) is 66.7 Å². The number of imidazole rings is 4. The van der Waals surface area contributed by atoms with Crippen molar-refractivity contribution in [2.24, 2.45) is 0 Å². The Hall–Kier alpha value is -12.6. The number of nitrogens with one attached hydrogen (secondary N) is 6. The monoisotopic (exact) mass is 2160 g/mol. The first-order chi connectivity index (χ1) is 70.5. The maximum Gasteiger partial charge on any atom is 0.472 e. The summed E-state index contributed by atoms with van der Waals surface area (Å²) in [4.78, 5) is 209. The third-order valence-corrected chi connectivity index (χ3v) is 29.5. The van der Waals surface area contributed by atoms with Crippen LogP contribution in [0.4, 0.5) is 23.8 Å². The molecule has 6 fully saturated rings. The lowest BCUT2D eigenvalue weighted by atomic mass is 10.2. The number of aliphatic hydroxyl groups is 1. The molecule has 6 aliphatic heterocycles. The van der Waals surface area contributed by atoms with Gasteiger partial charge in [-0.15, -0.1) is 0 Å². The van der Waals surface area contributed by atoms with Crippen molar-refractivity contribution in [3.8, 4) is 11.5 Å². The molecule has 6 aliphatic rings. The first-order valence-corrected chi connectivity index (χ1v) is 52.5. The fraction of sp³-hybridized carbons (Fsp3) is 0.432. The molecule has 148 heavy (non-hydrogen) atoms. The summed E-state index contributed by atoms with van der Waals surface area (Å²) in [6, 6.07) is 23.9. The first-order valence-electron chi connectivity index (χ1n) is 45.0. The van der Waals surface area contributed by atoms with Crippen molar-refractivity contribution in [3.05, 3.63) is 227 Å². The number of aromatic amines is 6. The smallest absolute Gasteiger partial charge is 0.472 e. The third-order valence-electron chi connectivity index (χ3n) is 24.4. The van der Waals surface area contributed by atoms with Crippen molar-refractivity contribution < 1.29 is 140 Å². The van der Waals surface area contributed by atoms with Crippen LogP contribution in [0.1, 0.15) is 104 Å². The molecule has 0 aliphatic carbocycles. The number of nitrogens with zero attached hydrogens (tertiary/aromatic N) is 14. The minimum atomic E-state index is -5.73. The second-order valence-electron chi connectivity index (χ2n) is 34.7. The molecule has 10 aromatic heterocycles. The number of fused-ring (bicyclic) bond motifs is 4. The Labute approximate surface area is 825 Å². The second-order valence-corrected chi connectivity index (χ2v) is 41.7. The van der Waals surface area contributed by atoms with E-state index >= 15 is 0 Å². The SMILES string of the molecule is Cc1cn([C@H]2C[C@H](OP(=O)(O)OC[C@H]3O[C@@H](n4cc(C)c(=O)[nH]c4=O)C[C@@H]3OP(=O)(O)OC[C@H]3O[C@@H](n4cnc5c(=O)[nH]c(N)nc54)C[C@@H]3OP(=O)(O)OC[C@H]3O[C@@H](n4cnc5c(=O)[nH]c(N)nc54)C[C@@H]3OP(=O)(O)OC[C@H]3O[C@@H](n4cnc5c(=O)[nH]c(N)nc54)C[C@@H]3OP(=O)(O)OC[C@H]3O[C@@H](n4cnc5c(=O)[nH]c(N)nc54)C[C@@H]3O)[C@@H](COCc3ccc(OCc4ccccc4)c(OCc4ccccc4)c3)O2)c(=O)[nH]c1=O. The van der Waals surface area contributed by atoms with Gasteiger partial charge in [-0.2, -0.15) is 19.9 Å². The van der Waals surface area contributed by atoms with Crippen molar-refractivity contribution in [2.75, 3.05) is 62.6 Å². The maximum absolute atomic E-state index is 14.8. The molecular weight excluding hydrogens is 2070 g/mol. The van der Waals surface area contributed by atoms with Gasteiger partial charge in [0.15, 0.2) is 56.2 Å². The van der Waals surface area contributed by atoms with Crippen LogP contribution in [0.2, 0.25) is 0 Å². The molecule has 67 heteroatoms. The number of hydrogen-bond acceptors (Lipinski definition) is 45. The first kappa shape index (κ1) is 104. The summed E-state index contributed by atoms with van der Waals surface area (Å²) in [5.74, 6) is -0.686. The average Bonchev–Trinajstić information content (AvgIpc) is 1.64. The van der Waals surface area contributed by atoms with E-state index in [2.05, 4.69) is 69.8 Å². The zero-order chi connectivity index (χ0) is 104. The highest BCUT2D eigenvalue weighted by Crippen LogP contribution is 2.57. The van der Waals surface area contributed by atoms with Crippen molar-refractivity contribution >= 4 is 108 Å². The van der Waals surface area contributed by atoms with E-state index in [-0.39, 0.29) is 100 Å². The molecular formula is C81H93N24O38P5. The maximum atomic E-state index is 14.8. The molecule has 20 N–H and O–H groups in total. The fourth-order valence-corrected chi connectivity index (χ4v) is 22.2. The van der Waals surface area contributed by atoms with Crippen LogP contribution in [-0.4, -0.2) is 240 Å². The number of benzene rings is 3. The van der Waals surface area contributed by atoms with E-state index in [1.807, 2.05) is 60.7 Å². The molecule has 3 aromatic carbocycles. The number of nitrogen functional groups attached to an aromatic ring is 4. The lowest BCUT2D eigenvalue weighted by molar-refractivity contribution is -0.0715. The molecule has 6 saturated heterocycles. The zero-order valence-corrected chi connectivity index (χ0v) is 81.5. The molecule has 0 radical (unpaired) electrons. The Bertz CT molecular complexity index is 7940. The van der Waals surface area contributed by atoms with E-state index in [0.717, 1.165) is 54.6 Å². The number of anilines is 4. The Balaban J connectivity index is 0.542. The minimum absolute atomic E-state index is 0.0163. The van der Waals surface area contributed by atoms with Gasteiger partial charge >= 0.3 is 50.5 Å². The summed E-state index contributed by atoms with van der Waals surface area (Å²) in [6.07, 6.45) is -24.1. The number of phosphoric ester groups is 5. The number of phosphoric acid groups is 5. The predicted molar refractivity (Wildman–Crippen MR) is 500 cm³/mol. The third kappa shape index (κ3) is 23.5. The van der Waals surface area contributed by atoms with E-state index < -0.39 is 272 Å². The zero-order valence-electron chi connectivity index (χ0n) is 77.0. The van der Waals surface area contributed by atoms with E-state index in [1.165, 1.54) is 35.5 Å². The minimum Gasteiger partial charge on any atom is -0.485 e. The Morgan fingerprint density at radius 2 is 0.628 bits per heavy atom. The highest BCUT2D eigenvalue weighted by Gasteiger charge is 2.52. The van der Waals surface area contributed by atoms with Gasteiger partial charge in [0.2, 0.25) is 23.8 Å². The van der Waals surface area contributed by atoms with E-state index in [1.54, 1.807) is 18.2 Å². The Morgan fingerprint density at radius 3 is 0.953 bits per heavy atom. The van der Waals surface area contributed by atoms with Gasteiger partial charge in [-0.05, 0) is 42.7 Å². The highest BCUT2D eigenvalue weighted by atomic mass is 31.2. The van der Waals surface area contributed by atoms with Gasteiger partial charge in [0.05, 0.1) is 77.7 Å². The number of aliphatic hydroxyl groups excluding tert-OH is 1. The Morgan fingerprint density at radius 1 is 0.345 bits per heavy atom. The predicted octanol–water partition coefficient (Wildman–Crippen LogP) is 1.54. The topological polar surface area (TPSA) is 850 Å². The normalized spacial score (nSPS) is 26.2. The summed E-state index contributed by atoms with van der Waals surface area (Å²) in [6.45, 7) is -2.73. The van der Waals surface area contributed by atoms with Crippen molar-refractivity contribution in [3.63, 3.8) is 0 Å². The molecule has 13 aromatic rings. The average molecular weight is 2170 g/mol. The van der Waals surface area contributed by atoms with Crippen molar-refractivity contribution in [1.82, 2.24) is 97.2 Å². The molecule has 62 nitrogen and oxygen atoms in total. The van der Waals surface area contributed by atoms with Gasteiger partial charge in [0.1, 0.15) is 118 Å². The summed E-state index contributed by atoms with van der Waals surface area (Å²) in [7, 11) is -28.0. The van der Waals surface area contributed by atoms with Crippen LogP contribution in [0.3, 0.4) is 0 Å². The molecule has 16 heterocycles. The molecule has 0 saturated carbocycles. The van der Waals surface area contributed by atoms with Gasteiger partial charge in [0, 0.05) is 62.0 Å². The molecule has 23 atom stereocenters. The molecule has 790 valence electrons. The van der Waals surface area contributed by atoms with E-state index in [4.69, 9.17) is 111 Å². The van der Waals surface area contributed by atoms with E-state index in [9.17, 15) is 90.8 Å². The van der Waals surface area contributed by atoms with Crippen molar-refractivity contribution in [1.29, 1.82) is 0 Å². The molecule has 0 amide bonds. The molecule has 0 bridgehead atoms. The largest absolute Gasteiger partial charge is 0.485 e. The van der Waals surface area contributed by atoms with E-state index in [0.29, 0.717) is 17.1 Å². The lowest BCUT2D eigenvalue weighted by Gasteiger charge is -2.26. The summed E-state index contributed by atoms with van der Waals surface area (Å²) in [5, 5.41) is 11.1.